The summed E-state index contributed by atoms with van der Waals surface area (Å²) in [6.07, 6.45) is 2.14. The minimum absolute atomic E-state index is 0.189. The van der Waals surface area contributed by atoms with Gasteiger partial charge in [-0.2, -0.15) is 10.2 Å². The van der Waals surface area contributed by atoms with Crippen molar-refractivity contribution >= 4 is 27.5 Å². The molecule has 4 N–H and O–H groups in total. The van der Waals surface area contributed by atoms with Gasteiger partial charge in [0.15, 0.2) is 0 Å². The van der Waals surface area contributed by atoms with Crippen molar-refractivity contribution in [2.45, 2.75) is 38.1 Å². The average Bonchev–Trinajstić information content (AvgIpc) is 2.68. The Bertz CT molecular complexity index is 938. The van der Waals surface area contributed by atoms with Gasteiger partial charge in [0, 0.05) is 24.8 Å². The van der Waals surface area contributed by atoms with Crippen molar-refractivity contribution in [1.29, 1.82) is 5.26 Å². The van der Waals surface area contributed by atoms with Crippen molar-refractivity contribution < 1.29 is 8.42 Å². The minimum Gasteiger partial charge on any atom is -0.369 e. The Morgan fingerprint density at radius 1 is 1.17 bits per heavy atom. The van der Waals surface area contributed by atoms with Gasteiger partial charge in [-0.1, -0.05) is 13.8 Å². The van der Waals surface area contributed by atoms with E-state index < -0.39 is 10.0 Å². The fraction of sp³-hybridized carbons (Fsp3) is 0.421. The molecule has 0 radical (unpaired) electrons. The Hall–Kier alpha value is -2.74. The van der Waals surface area contributed by atoms with Crippen LogP contribution in [0.25, 0.3) is 0 Å². The van der Waals surface area contributed by atoms with Crippen LogP contribution in [0.15, 0.2) is 35.4 Å². The standard InChI is InChI=1S/C19H27N7O2S/c1-4-21-18-15(12-20)13-23-19(26-18)25-16-6-8-17(9-7-16)29(27,28)24-11-5-10-22-14(2)3/h6-9,13-14,22,24H,4-5,10-11H2,1-3H3,(H2,21,23,25,26). The van der Waals surface area contributed by atoms with Gasteiger partial charge in [0.05, 0.1) is 11.1 Å². The fourth-order valence-electron chi connectivity index (χ4n) is 2.44. The van der Waals surface area contributed by atoms with E-state index in [-0.39, 0.29) is 4.90 Å². The van der Waals surface area contributed by atoms with Gasteiger partial charge in [-0.3, -0.25) is 0 Å². The van der Waals surface area contributed by atoms with Crippen molar-refractivity contribution in [1.82, 2.24) is 20.0 Å². The molecule has 0 amide bonds. The van der Waals surface area contributed by atoms with E-state index in [1.54, 1.807) is 12.1 Å². The molecule has 0 bridgehead atoms. The van der Waals surface area contributed by atoms with E-state index in [1.165, 1.54) is 18.3 Å². The maximum Gasteiger partial charge on any atom is 0.240 e. The van der Waals surface area contributed by atoms with Crippen LogP contribution in [-0.4, -0.2) is 44.1 Å². The fourth-order valence-corrected chi connectivity index (χ4v) is 3.52. The molecule has 9 nitrogen and oxygen atoms in total. The van der Waals surface area contributed by atoms with Crippen LogP contribution >= 0.6 is 0 Å². The Balaban J connectivity index is 1.99. The summed E-state index contributed by atoms with van der Waals surface area (Å²) < 4.78 is 27.3. The number of rotatable bonds is 11. The van der Waals surface area contributed by atoms with Gasteiger partial charge in [0.25, 0.3) is 0 Å². The van der Waals surface area contributed by atoms with E-state index in [0.717, 1.165) is 6.54 Å². The molecule has 0 aliphatic rings. The first kappa shape index (κ1) is 22.5. The summed E-state index contributed by atoms with van der Waals surface area (Å²) in [5.74, 6) is 0.759. The summed E-state index contributed by atoms with van der Waals surface area (Å²) in [6.45, 7) is 7.74. The van der Waals surface area contributed by atoms with Gasteiger partial charge >= 0.3 is 0 Å². The largest absolute Gasteiger partial charge is 0.369 e. The zero-order valence-electron chi connectivity index (χ0n) is 16.9. The van der Waals surface area contributed by atoms with Gasteiger partial charge in [-0.25, -0.2) is 18.1 Å². The summed E-state index contributed by atoms with van der Waals surface area (Å²) in [7, 11) is -3.56. The summed E-state index contributed by atoms with van der Waals surface area (Å²) >= 11 is 0. The topological polar surface area (TPSA) is 132 Å². The lowest BCUT2D eigenvalue weighted by Gasteiger charge is -2.11. The second kappa shape index (κ2) is 10.7. The van der Waals surface area contributed by atoms with E-state index in [4.69, 9.17) is 5.26 Å². The molecule has 156 valence electrons. The highest BCUT2D eigenvalue weighted by atomic mass is 32.2. The minimum atomic E-state index is -3.56. The van der Waals surface area contributed by atoms with E-state index in [1.807, 2.05) is 26.8 Å². The Morgan fingerprint density at radius 3 is 2.52 bits per heavy atom. The predicted molar refractivity (Wildman–Crippen MR) is 114 cm³/mol. The van der Waals surface area contributed by atoms with Crippen molar-refractivity contribution in [2.24, 2.45) is 0 Å². The van der Waals surface area contributed by atoms with Crippen LogP contribution in [0.2, 0.25) is 0 Å². The van der Waals surface area contributed by atoms with E-state index in [9.17, 15) is 8.42 Å². The zero-order valence-corrected chi connectivity index (χ0v) is 17.7. The van der Waals surface area contributed by atoms with Crippen LogP contribution in [-0.2, 0) is 10.0 Å². The molecule has 0 saturated heterocycles. The van der Waals surface area contributed by atoms with Crippen LogP contribution < -0.4 is 20.7 Å². The SMILES string of the molecule is CCNc1nc(Nc2ccc(S(=O)(=O)NCCCNC(C)C)cc2)ncc1C#N. The number of hydrogen-bond donors (Lipinski definition) is 4. The number of benzene rings is 1. The van der Waals surface area contributed by atoms with Gasteiger partial charge in [0.1, 0.15) is 17.5 Å². The monoisotopic (exact) mass is 417 g/mol. The second-order valence-electron chi connectivity index (χ2n) is 6.61. The maximum absolute atomic E-state index is 12.4. The third-order valence-corrected chi connectivity index (χ3v) is 5.35. The molecule has 1 aromatic carbocycles. The number of hydrogen-bond acceptors (Lipinski definition) is 8. The highest BCUT2D eigenvalue weighted by Crippen LogP contribution is 2.19. The molecular weight excluding hydrogens is 390 g/mol. The third-order valence-electron chi connectivity index (χ3n) is 3.87. The summed E-state index contributed by atoms with van der Waals surface area (Å²) in [5, 5.41) is 18.4. The molecule has 29 heavy (non-hydrogen) atoms. The lowest BCUT2D eigenvalue weighted by atomic mass is 10.3. The molecule has 2 rings (SSSR count). The lowest BCUT2D eigenvalue weighted by Crippen LogP contribution is -2.29. The summed E-state index contributed by atoms with van der Waals surface area (Å²) in [5.41, 5.74) is 0.991. The highest BCUT2D eigenvalue weighted by Gasteiger charge is 2.13. The number of anilines is 3. The van der Waals surface area contributed by atoms with E-state index >= 15 is 0 Å². The second-order valence-corrected chi connectivity index (χ2v) is 8.37. The number of nitrogens with one attached hydrogen (secondary N) is 4. The number of sulfonamides is 1. The van der Waals surface area contributed by atoms with Gasteiger partial charge in [-0.05, 0) is 44.2 Å². The zero-order chi connectivity index (χ0) is 21.3. The quantitative estimate of drug-likeness (QED) is 0.409. The van der Waals surface area contributed by atoms with Crippen molar-refractivity contribution in [2.75, 3.05) is 30.3 Å². The first-order valence-corrected chi connectivity index (χ1v) is 10.9. The van der Waals surface area contributed by atoms with Crippen LogP contribution in [0, 0.1) is 11.3 Å². The van der Waals surface area contributed by atoms with E-state index in [0.29, 0.717) is 48.6 Å². The predicted octanol–water partition coefficient (Wildman–Crippen LogP) is 2.19. The van der Waals surface area contributed by atoms with Crippen molar-refractivity contribution in [3.8, 4) is 6.07 Å². The summed E-state index contributed by atoms with van der Waals surface area (Å²) in [6, 6.07) is 8.73. The van der Waals surface area contributed by atoms with Gasteiger partial charge < -0.3 is 16.0 Å². The van der Waals surface area contributed by atoms with Crippen LogP contribution in [0.4, 0.5) is 17.5 Å². The highest BCUT2D eigenvalue weighted by molar-refractivity contribution is 7.89. The lowest BCUT2D eigenvalue weighted by molar-refractivity contribution is 0.554. The molecule has 0 aliphatic heterocycles. The summed E-state index contributed by atoms with van der Waals surface area (Å²) in [4.78, 5) is 8.57. The number of nitrogens with zero attached hydrogens (tertiary/aromatic N) is 3. The first-order valence-electron chi connectivity index (χ1n) is 9.47. The molecule has 0 atom stereocenters. The Labute approximate surface area is 172 Å². The molecule has 2 aromatic rings. The third kappa shape index (κ3) is 6.98. The van der Waals surface area contributed by atoms with Gasteiger partial charge in [-0.15, -0.1) is 0 Å². The molecule has 0 spiro atoms. The van der Waals surface area contributed by atoms with Crippen LogP contribution in [0.3, 0.4) is 0 Å². The normalized spacial score (nSPS) is 11.3. The molecule has 0 aliphatic carbocycles. The van der Waals surface area contributed by atoms with Gasteiger partial charge in [0.2, 0.25) is 16.0 Å². The molecule has 1 aromatic heterocycles. The molecule has 1 heterocycles. The Kier molecular flexibility index (Phi) is 8.33. The first-order chi connectivity index (χ1) is 13.9. The molecule has 0 fully saturated rings. The van der Waals surface area contributed by atoms with Crippen molar-refractivity contribution in [3.05, 3.63) is 36.0 Å². The average molecular weight is 418 g/mol. The van der Waals surface area contributed by atoms with Crippen molar-refractivity contribution in [3.63, 3.8) is 0 Å². The molecule has 0 unspecified atom stereocenters. The Morgan fingerprint density at radius 2 is 1.90 bits per heavy atom. The molecule has 10 heteroatoms. The maximum atomic E-state index is 12.4. The smallest absolute Gasteiger partial charge is 0.240 e. The van der Waals surface area contributed by atoms with Crippen LogP contribution in [0.5, 0.6) is 0 Å². The molecule has 0 saturated carbocycles. The van der Waals surface area contributed by atoms with Crippen LogP contribution in [0.1, 0.15) is 32.8 Å². The molecular formula is C19H27N7O2S. The number of aromatic nitrogens is 2. The van der Waals surface area contributed by atoms with E-state index in [2.05, 4.69) is 30.6 Å². The number of nitriles is 1.